The van der Waals surface area contributed by atoms with Gasteiger partial charge >= 0.3 is 5.82 Å². The molecule has 0 aliphatic carbocycles. The van der Waals surface area contributed by atoms with Crippen LogP contribution in [-0.2, 0) is 17.9 Å². The van der Waals surface area contributed by atoms with Crippen molar-refractivity contribution in [2.45, 2.75) is 19.5 Å². The average Bonchev–Trinajstić information content (AvgIpc) is 3.05. The summed E-state index contributed by atoms with van der Waals surface area (Å²) in [5.74, 6) is -0.371. The Kier molecular flexibility index (Phi) is 3.86. The van der Waals surface area contributed by atoms with E-state index >= 15 is 0 Å². The Balaban J connectivity index is 1.75. The van der Waals surface area contributed by atoms with Gasteiger partial charge in [-0.25, -0.2) is 0 Å². The number of aromatic nitrogens is 4. The van der Waals surface area contributed by atoms with Crippen LogP contribution in [0.3, 0.4) is 0 Å². The second kappa shape index (κ2) is 5.76. The Bertz CT molecular complexity index is 562. The molecular weight excluding hydrogens is 252 g/mol. The smallest absolute Gasteiger partial charge is 0.358 e. The van der Waals surface area contributed by atoms with E-state index in [1.54, 1.807) is 12.3 Å². The molecule has 19 heavy (non-hydrogen) atoms. The first kappa shape index (κ1) is 12.7. The number of carbonyl (C=O) groups is 1. The number of nitrogens with one attached hydrogen (secondary N) is 2. The van der Waals surface area contributed by atoms with Crippen LogP contribution in [0.4, 0.5) is 5.82 Å². The highest BCUT2D eigenvalue weighted by Gasteiger charge is 2.10. The van der Waals surface area contributed by atoms with E-state index in [0.29, 0.717) is 13.1 Å². The second-order valence-corrected chi connectivity index (χ2v) is 3.84. The zero-order valence-corrected chi connectivity index (χ0v) is 9.94. The van der Waals surface area contributed by atoms with E-state index in [-0.39, 0.29) is 18.1 Å². The van der Waals surface area contributed by atoms with Gasteiger partial charge in [0.25, 0.3) is 0 Å². The van der Waals surface area contributed by atoms with E-state index in [1.807, 2.05) is 0 Å². The Hall–Kier alpha value is -2.71. The highest BCUT2D eigenvalue weighted by Crippen LogP contribution is 2.06. The van der Waals surface area contributed by atoms with Crippen molar-refractivity contribution in [3.8, 4) is 0 Å². The molecule has 0 aliphatic heterocycles. The zero-order chi connectivity index (χ0) is 13.7. The molecule has 0 fully saturated rings. The normalized spacial score (nSPS) is 10.3. The Morgan fingerprint density at radius 1 is 1.58 bits per heavy atom. The molecule has 0 bridgehead atoms. The fourth-order valence-corrected chi connectivity index (χ4v) is 1.46. The molecule has 9 nitrogen and oxygen atoms in total. The van der Waals surface area contributed by atoms with Gasteiger partial charge in [-0.3, -0.25) is 9.89 Å². The molecule has 100 valence electrons. The second-order valence-electron chi connectivity index (χ2n) is 3.84. The number of nitrogens with zero attached hydrogens (tertiary/aromatic N) is 4. The van der Waals surface area contributed by atoms with E-state index in [2.05, 4.69) is 20.5 Å². The third-order valence-corrected chi connectivity index (χ3v) is 2.44. The number of hydrogen-bond donors (Lipinski definition) is 2. The van der Waals surface area contributed by atoms with Crippen molar-refractivity contribution in [2.75, 3.05) is 0 Å². The molecule has 0 unspecified atom stereocenters. The van der Waals surface area contributed by atoms with Crippen molar-refractivity contribution in [1.82, 2.24) is 25.1 Å². The molecule has 2 rings (SSSR count). The van der Waals surface area contributed by atoms with Crippen LogP contribution in [0.1, 0.15) is 12.1 Å². The summed E-state index contributed by atoms with van der Waals surface area (Å²) in [6.45, 7) is 0.721. The quantitative estimate of drug-likeness (QED) is 0.571. The fourth-order valence-electron chi connectivity index (χ4n) is 1.46. The third-order valence-electron chi connectivity index (χ3n) is 2.44. The number of rotatable bonds is 6. The van der Waals surface area contributed by atoms with Gasteiger partial charge in [0, 0.05) is 19.2 Å². The molecule has 2 heterocycles. The van der Waals surface area contributed by atoms with Crippen molar-refractivity contribution in [2.24, 2.45) is 0 Å². The summed E-state index contributed by atoms with van der Waals surface area (Å²) in [7, 11) is 0. The highest BCUT2D eigenvalue weighted by molar-refractivity contribution is 5.75. The van der Waals surface area contributed by atoms with Crippen LogP contribution in [0.25, 0.3) is 0 Å². The predicted molar refractivity (Wildman–Crippen MR) is 63.9 cm³/mol. The molecule has 0 atom stereocenters. The van der Waals surface area contributed by atoms with Crippen LogP contribution < -0.4 is 5.32 Å². The number of carbonyl (C=O) groups excluding carboxylic acids is 1. The lowest BCUT2D eigenvalue weighted by Gasteiger charge is -2.03. The largest absolute Gasteiger partial charge is 0.381 e. The highest BCUT2D eigenvalue weighted by atomic mass is 16.6. The summed E-state index contributed by atoms with van der Waals surface area (Å²) in [6.07, 6.45) is 4.45. The molecule has 0 aliphatic rings. The fraction of sp³-hybridized carbons (Fsp3) is 0.300. The van der Waals surface area contributed by atoms with Crippen LogP contribution in [0.5, 0.6) is 0 Å². The number of aromatic amines is 1. The number of imidazole rings is 1. The Labute approximate surface area is 107 Å². The van der Waals surface area contributed by atoms with Crippen LogP contribution in [-0.4, -0.2) is 30.6 Å². The zero-order valence-electron chi connectivity index (χ0n) is 9.94. The SMILES string of the molecule is O=C(CCn1cnc([N+](=O)[O-])c1)NCc1ccn[nH]1. The van der Waals surface area contributed by atoms with Crippen molar-refractivity contribution >= 4 is 11.7 Å². The Morgan fingerprint density at radius 2 is 2.42 bits per heavy atom. The number of hydrogen-bond acceptors (Lipinski definition) is 5. The van der Waals surface area contributed by atoms with Gasteiger partial charge in [0.2, 0.25) is 12.2 Å². The minimum atomic E-state index is -0.575. The van der Waals surface area contributed by atoms with Crippen molar-refractivity contribution in [1.29, 1.82) is 0 Å². The molecule has 0 saturated heterocycles. The number of H-pyrrole nitrogens is 1. The molecule has 2 aromatic rings. The van der Waals surface area contributed by atoms with Gasteiger partial charge in [-0.15, -0.1) is 0 Å². The van der Waals surface area contributed by atoms with Gasteiger partial charge in [-0.05, 0) is 16.0 Å². The van der Waals surface area contributed by atoms with E-state index in [9.17, 15) is 14.9 Å². The van der Waals surface area contributed by atoms with Crippen molar-refractivity contribution in [3.63, 3.8) is 0 Å². The Morgan fingerprint density at radius 3 is 3.05 bits per heavy atom. The van der Waals surface area contributed by atoms with Crippen LogP contribution in [0, 0.1) is 10.1 Å². The molecule has 0 radical (unpaired) electrons. The monoisotopic (exact) mass is 264 g/mol. The maximum Gasteiger partial charge on any atom is 0.381 e. The summed E-state index contributed by atoms with van der Waals surface area (Å²) < 4.78 is 1.51. The van der Waals surface area contributed by atoms with Crippen LogP contribution in [0.2, 0.25) is 0 Å². The molecular formula is C10H12N6O3. The maximum atomic E-state index is 11.5. The van der Waals surface area contributed by atoms with Gasteiger partial charge in [-0.1, -0.05) is 0 Å². The van der Waals surface area contributed by atoms with E-state index in [0.717, 1.165) is 5.69 Å². The molecule has 0 spiro atoms. The lowest BCUT2D eigenvalue weighted by Crippen LogP contribution is -2.23. The van der Waals surface area contributed by atoms with Gasteiger partial charge in [0.15, 0.2) is 0 Å². The van der Waals surface area contributed by atoms with E-state index in [4.69, 9.17) is 0 Å². The average molecular weight is 264 g/mol. The molecule has 0 aromatic carbocycles. The summed E-state index contributed by atoms with van der Waals surface area (Å²) in [5.41, 5.74) is 0.812. The standard InChI is InChI=1S/C10H12N6O3/c17-10(11-5-8-1-3-13-14-8)2-4-15-6-9(12-7-15)16(18)19/h1,3,6-7H,2,4-5H2,(H,11,17)(H,13,14). The minimum Gasteiger partial charge on any atom is -0.358 e. The topological polar surface area (TPSA) is 119 Å². The number of nitro groups is 1. The first-order valence-electron chi connectivity index (χ1n) is 5.56. The molecule has 1 amide bonds. The van der Waals surface area contributed by atoms with Gasteiger partial charge in [-0.2, -0.15) is 5.10 Å². The predicted octanol–water partition coefficient (Wildman–Crippen LogP) is 0.221. The van der Waals surface area contributed by atoms with E-state index in [1.165, 1.54) is 17.1 Å². The summed E-state index contributed by atoms with van der Waals surface area (Å²) in [4.78, 5) is 25.0. The minimum absolute atomic E-state index is 0.147. The summed E-state index contributed by atoms with van der Waals surface area (Å²) in [5, 5.41) is 19.6. The summed E-state index contributed by atoms with van der Waals surface area (Å²) in [6, 6.07) is 1.76. The first-order chi connectivity index (χ1) is 9.15. The molecule has 9 heteroatoms. The molecule has 0 saturated carbocycles. The van der Waals surface area contributed by atoms with Crippen molar-refractivity contribution in [3.05, 3.63) is 40.6 Å². The first-order valence-corrected chi connectivity index (χ1v) is 5.56. The number of aryl methyl sites for hydroxylation is 1. The molecule has 2 aromatic heterocycles. The van der Waals surface area contributed by atoms with Crippen LogP contribution >= 0.6 is 0 Å². The van der Waals surface area contributed by atoms with E-state index < -0.39 is 4.92 Å². The molecule has 2 N–H and O–H groups in total. The summed E-state index contributed by atoms with van der Waals surface area (Å²) >= 11 is 0. The van der Waals surface area contributed by atoms with Crippen LogP contribution in [0.15, 0.2) is 24.8 Å². The third kappa shape index (κ3) is 3.63. The number of amides is 1. The maximum absolute atomic E-state index is 11.5. The van der Waals surface area contributed by atoms with Gasteiger partial charge < -0.3 is 20.0 Å². The lowest BCUT2D eigenvalue weighted by atomic mass is 10.3. The van der Waals surface area contributed by atoms with Gasteiger partial charge in [0.05, 0.1) is 12.2 Å². The van der Waals surface area contributed by atoms with Gasteiger partial charge in [0.1, 0.15) is 6.20 Å². The van der Waals surface area contributed by atoms with Crippen molar-refractivity contribution < 1.29 is 9.72 Å². The lowest BCUT2D eigenvalue weighted by molar-refractivity contribution is -0.389.